The zero-order valence-electron chi connectivity index (χ0n) is 10.7. The lowest BCUT2D eigenvalue weighted by Gasteiger charge is -2.15. The number of sulfonamides is 1. The Balaban J connectivity index is 3.18. The Labute approximate surface area is 130 Å². The number of carbonyl (C=O) groups is 1. The van der Waals surface area contributed by atoms with Crippen molar-refractivity contribution >= 4 is 54.8 Å². The molecule has 0 aromatic heterocycles. The average Bonchev–Trinajstić information content (AvgIpc) is 2.36. The maximum absolute atomic E-state index is 12.1. The Morgan fingerprint density at radius 3 is 2.60 bits per heavy atom. The second kappa shape index (κ2) is 6.51. The van der Waals surface area contributed by atoms with Crippen LogP contribution in [0.4, 0.5) is 5.69 Å². The normalized spacial score (nSPS) is 12.6. The fraction of sp³-hybridized carbons (Fsp3) is 0.273. The maximum Gasteiger partial charge on any atom is 0.325 e. The van der Waals surface area contributed by atoms with E-state index in [1.54, 1.807) is 12.1 Å². The molecule has 0 aliphatic heterocycles. The van der Waals surface area contributed by atoms with Gasteiger partial charge in [0.05, 0.1) is 12.8 Å². The molecule has 6 nitrogen and oxygen atoms in total. The predicted octanol–water partition coefficient (Wildman–Crippen LogP) is 1.39. The van der Waals surface area contributed by atoms with Gasteiger partial charge >= 0.3 is 5.97 Å². The highest BCUT2D eigenvalue weighted by Crippen LogP contribution is 2.23. The van der Waals surface area contributed by atoms with Crippen LogP contribution in [0.1, 0.15) is 12.5 Å². The first-order valence-electron chi connectivity index (χ1n) is 5.38. The smallest absolute Gasteiger partial charge is 0.325 e. The average molecular weight is 381 g/mol. The molecule has 110 valence electrons. The van der Waals surface area contributed by atoms with Gasteiger partial charge in [-0.3, -0.25) is 9.52 Å². The van der Waals surface area contributed by atoms with Crippen LogP contribution < -0.4 is 10.5 Å². The molecule has 0 saturated heterocycles. The van der Waals surface area contributed by atoms with E-state index in [2.05, 4.69) is 25.4 Å². The Bertz CT molecular complexity index is 646. The van der Waals surface area contributed by atoms with Gasteiger partial charge in [-0.05, 0) is 25.1 Å². The van der Waals surface area contributed by atoms with Crippen molar-refractivity contribution in [2.75, 3.05) is 11.8 Å². The standard InChI is InChI=1S/C11H13BrN2O4S2/c1-6(11(15)18-2)20(16,17)14-9-5-7(12)3-4-8(9)10(13)19/h3-6,14H,1-2H3,(H2,13,19). The lowest BCUT2D eigenvalue weighted by molar-refractivity contribution is -0.139. The van der Waals surface area contributed by atoms with Crippen molar-refractivity contribution in [3.63, 3.8) is 0 Å². The molecule has 1 atom stereocenters. The third kappa shape index (κ3) is 3.90. The fourth-order valence-electron chi connectivity index (χ4n) is 1.35. The summed E-state index contributed by atoms with van der Waals surface area (Å²) < 4.78 is 31.5. The van der Waals surface area contributed by atoms with Gasteiger partial charge in [-0.25, -0.2) is 8.42 Å². The lowest BCUT2D eigenvalue weighted by Crippen LogP contribution is -2.33. The molecule has 1 unspecified atom stereocenters. The second-order valence-electron chi connectivity index (χ2n) is 3.87. The molecule has 9 heteroatoms. The summed E-state index contributed by atoms with van der Waals surface area (Å²) >= 11 is 8.08. The minimum absolute atomic E-state index is 0.0425. The van der Waals surface area contributed by atoms with E-state index in [4.69, 9.17) is 18.0 Å². The number of rotatable bonds is 5. The summed E-state index contributed by atoms with van der Waals surface area (Å²) in [5.41, 5.74) is 6.10. The molecule has 0 saturated carbocycles. The van der Waals surface area contributed by atoms with Crippen molar-refractivity contribution in [3.8, 4) is 0 Å². The molecule has 1 rings (SSSR count). The number of benzene rings is 1. The van der Waals surface area contributed by atoms with Gasteiger partial charge in [-0.1, -0.05) is 28.1 Å². The van der Waals surface area contributed by atoms with Crippen LogP contribution in [0.15, 0.2) is 22.7 Å². The topological polar surface area (TPSA) is 98.5 Å². The minimum Gasteiger partial charge on any atom is -0.468 e. The number of nitrogens with two attached hydrogens (primary N) is 1. The number of nitrogens with one attached hydrogen (secondary N) is 1. The van der Waals surface area contributed by atoms with Crippen molar-refractivity contribution in [3.05, 3.63) is 28.2 Å². The number of thiocarbonyl (C=S) groups is 1. The number of hydrogen-bond acceptors (Lipinski definition) is 5. The summed E-state index contributed by atoms with van der Waals surface area (Å²) in [4.78, 5) is 11.4. The summed E-state index contributed by atoms with van der Waals surface area (Å²) in [5, 5.41) is -1.36. The first-order chi connectivity index (χ1) is 9.19. The summed E-state index contributed by atoms with van der Waals surface area (Å²) in [7, 11) is -2.84. The summed E-state index contributed by atoms with van der Waals surface area (Å²) in [6, 6.07) is 4.76. The van der Waals surface area contributed by atoms with Gasteiger partial charge in [0.2, 0.25) is 10.0 Å². The fourth-order valence-corrected chi connectivity index (χ4v) is 2.89. The minimum atomic E-state index is -3.96. The van der Waals surface area contributed by atoms with E-state index in [0.29, 0.717) is 10.0 Å². The first kappa shape index (κ1) is 16.9. The molecule has 0 fully saturated rings. The third-order valence-corrected chi connectivity index (χ3v) is 4.84. The zero-order valence-corrected chi connectivity index (χ0v) is 13.9. The molecule has 20 heavy (non-hydrogen) atoms. The van der Waals surface area contributed by atoms with E-state index >= 15 is 0 Å². The van der Waals surface area contributed by atoms with Crippen LogP contribution in [-0.2, 0) is 19.6 Å². The second-order valence-corrected chi connectivity index (χ2v) is 7.22. The third-order valence-electron chi connectivity index (χ3n) is 2.50. The molecule has 0 aliphatic rings. The summed E-state index contributed by atoms with van der Waals surface area (Å²) in [5.74, 6) is -0.857. The van der Waals surface area contributed by atoms with Crippen LogP contribution in [0, 0.1) is 0 Å². The molecule has 0 spiro atoms. The van der Waals surface area contributed by atoms with Crippen molar-refractivity contribution in [1.29, 1.82) is 0 Å². The van der Waals surface area contributed by atoms with Gasteiger partial charge in [-0.2, -0.15) is 0 Å². The van der Waals surface area contributed by atoms with E-state index in [1.807, 2.05) is 0 Å². The highest BCUT2D eigenvalue weighted by molar-refractivity contribution is 9.10. The van der Waals surface area contributed by atoms with Crippen molar-refractivity contribution in [1.82, 2.24) is 0 Å². The Morgan fingerprint density at radius 2 is 2.10 bits per heavy atom. The van der Waals surface area contributed by atoms with Gasteiger partial charge in [0.15, 0.2) is 5.25 Å². The summed E-state index contributed by atoms with van der Waals surface area (Å²) in [6.07, 6.45) is 0. The van der Waals surface area contributed by atoms with Gasteiger partial charge < -0.3 is 10.5 Å². The van der Waals surface area contributed by atoms with Crippen LogP contribution >= 0.6 is 28.1 Å². The van der Waals surface area contributed by atoms with Gasteiger partial charge in [0.1, 0.15) is 4.99 Å². The van der Waals surface area contributed by atoms with Gasteiger partial charge in [-0.15, -0.1) is 0 Å². The van der Waals surface area contributed by atoms with E-state index < -0.39 is 21.2 Å². The first-order valence-corrected chi connectivity index (χ1v) is 8.12. The SMILES string of the molecule is COC(=O)C(C)S(=O)(=O)Nc1cc(Br)ccc1C(N)=S. The van der Waals surface area contributed by atoms with Crippen molar-refractivity contribution in [2.45, 2.75) is 12.2 Å². The van der Waals surface area contributed by atoms with Crippen LogP contribution in [-0.4, -0.2) is 31.7 Å². The predicted molar refractivity (Wildman–Crippen MR) is 84.0 cm³/mol. The Morgan fingerprint density at radius 1 is 1.50 bits per heavy atom. The Hall–Kier alpha value is -1.19. The highest BCUT2D eigenvalue weighted by atomic mass is 79.9. The van der Waals surface area contributed by atoms with E-state index in [0.717, 1.165) is 7.11 Å². The highest BCUT2D eigenvalue weighted by Gasteiger charge is 2.29. The molecule has 1 aromatic carbocycles. The maximum atomic E-state index is 12.1. The molecule has 0 bridgehead atoms. The van der Waals surface area contributed by atoms with E-state index in [-0.39, 0.29) is 10.7 Å². The molecular weight excluding hydrogens is 368 g/mol. The summed E-state index contributed by atoms with van der Waals surface area (Å²) in [6.45, 7) is 1.23. The number of ether oxygens (including phenoxy) is 1. The van der Waals surface area contributed by atoms with Crippen LogP contribution in [0.25, 0.3) is 0 Å². The lowest BCUT2D eigenvalue weighted by atomic mass is 10.2. The van der Waals surface area contributed by atoms with Crippen molar-refractivity contribution in [2.24, 2.45) is 5.73 Å². The number of methoxy groups -OCH3 is 1. The van der Waals surface area contributed by atoms with Crippen LogP contribution in [0.3, 0.4) is 0 Å². The molecule has 0 amide bonds. The van der Waals surface area contributed by atoms with Crippen molar-refractivity contribution < 1.29 is 17.9 Å². The molecule has 3 N–H and O–H groups in total. The number of anilines is 1. The largest absolute Gasteiger partial charge is 0.468 e. The van der Waals surface area contributed by atoms with Crippen LogP contribution in [0.2, 0.25) is 0 Å². The quantitative estimate of drug-likeness (QED) is 0.591. The molecule has 0 radical (unpaired) electrons. The van der Waals surface area contributed by atoms with Gasteiger partial charge in [0.25, 0.3) is 0 Å². The van der Waals surface area contributed by atoms with E-state index in [1.165, 1.54) is 13.0 Å². The zero-order chi connectivity index (χ0) is 15.5. The molecule has 0 heterocycles. The Kier molecular flexibility index (Phi) is 5.49. The number of esters is 1. The van der Waals surface area contributed by atoms with Gasteiger partial charge in [0, 0.05) is 10.0 Å². The number of hydrogen-bond donors (Lipinski definition) is 2. The van der Waals surface area contributed by atoms with E-state index in [9.17, 15) is 13.2 Å². The number of halogens is 1. The van der Waals surface area contributed by atoms with Crippen LogP contribution in [0.5, 0.6) is 0 Å². The molecular formula is C11H13BrN2O4S2. The molecule has 1 aromatic rings. The monoisotopic (exact) mass is 380 g/mol. The molecule has 0 aliphatic carbocycles. The number of carbonyl (C=O) groups excluding carboxylic acids is 1.